The molecule has 1 atom stereocenters. The maximum atomic E-state index is 13.6. The summed E-state index contributed by atoms with van der Waals surface area (Å²) in [6.07, 6.45) is 3.86. The zero-order chi connectivity index (χ0) is 21.8. The second-order valence-corrected chi connectivity index (χ2v) is 8.52. The van der Waals surface area contributed by atoms with Gasteiger partial charge in [0.25, 0.3) is 5.91 Å². The van der Waals surface area contributed by atoms with Crippen molar-refractivity contribution >= 4 is 28.8 Å². The van der Waals surface area contributed by atoms with Crippen molar-refractivity contribution in [2.24, 2.45) is 0 Å². The van der Waals surface area contributed by atoms with Gasteiger partial charge in [-0.1, -0.05) is 31.0 Å². The van der Waals surface area contributed by atoms with Crippen LogP contribution in [0.25, 0.3) is 0 Å². The lowest BCUT2D eigenvalue weighted by atomic mass is 10.0. The van der Waals surface area contributed by atoms with Gasteiger partial charge in [-0.15, -0.1) is 11.3 Å². The number of carbonyl (C=O) groups is 2. The van der Waals surface area contributed by atoms with Crippen LogP contribution in [0.3, 0.4) is 0 Å². The number of nitrogens with one attached hydrogen (secondary N) is 1. The lowest BCUT2D eigenvalue weighted by molar-refractivity contribution is -0.123. The average Bonchev–Trinajstić information content (AvgIpc) is 3.47. The molecular weight excluding hydrogens is 418 g/mol. The molecule has 1 aliphatic rings. The normalized spacial score (nSPS) is 14.9. The number of amides is 2. The van der Waals surface area contributed by atoms with E-state index in [1.807, 2.05) is 0 Å². The van der Waals surface area contributed by atoms with Gasteiger partial charge in [-0.3, -0.25) is 14.5 Å². The first-order valence-electron chi connectivity index (χ1n) is 10.2. The van der Waals surface area contributed by atoms with Crippen LogP contribution in [0.5, 0.6) is 0 Å². The summed E-state index contributed by atoms with van der Waals surface area (Å²) in [5.74, 6) is -1.59. The van der Waals surface area contributed by atoms with Gasteiger partial charge in [0.05, 0.1) is 4.88 Å². The Morgan fingerprint density at radius 1 is 0.935 bits per heavy atom. The highest BCUT2D eigenvalue weighted by atomic mass is 32.1. The molecule has 2 amide bonds. The van der Waals surface area contributed by atoms with Crippen molar-refractivity contribution < 1.29 is 18.4 Å². The van der Waals surface area contributed by atoms with E-state index in [-0.39, 0.29) is 17.9 Å². The lowest BCUT2D eigenvalue weighted by Gasteiger charge is -2.32. The van der Waals surface area contributed by atoms with E-state index in [0.717, 1.165) is 25.7 Å². The van der Waals surface area contributed by atoms with E-state index < -0.39 is 17.7 Å². The van der Waals surface area contributed by atoms with E-state index >= 15 is 0 Å². The molecule has 3 aromatic rings. The number of rotatable bonds is 6. The molecule has 0 bridgehead atoms. The smallest absolute Gasteiger partial charge is 0.269 e. The van der Waals surface area contributed by atoms with Gasteiger partial charge < -0.3 is 5.32 Å². The number of halogens is 2. The van der Waals surface area contributed by atoms with Crippen LogP contribution in [0.1, 0.15) is 47.0 Å². The minimum atomic E-state index is -1.03. The predicted molar refractivity (Wildman–Crippen MR) is 117 cm³/mol. The van der Waals surface area contributed by atoms with Crippen LogP contribution in [-0.4, -0.2) is 17.9 Å². The van der Waals surface area contributed by atoms with Crippen LogP contribution >= 0.6 is 11.3 Å². The minimum absolute atomic E-state index is 0.0438. The Morgan fingerprint density at radius 3 is 2.13 bits per heavy atom. The zero-order valence-electron chi connectivity index (χ0n) is 16.8. The average molecular weight is 441 g/mol. The van der Waals surface area contributed by atoms with Gasteiger partial charge in [-0.2, -0.15) is 0 Å². The summed E-state index contributed by atoms with van der Waals surface area (Å²) < 4.78 is 27.2. The standard InChI is InChI=1S/C24H22F2N2O2S/c25-17-9-7-16(8-10-17)22(23(29)27-19-4-1-2-5-19)28(20-13-11-18(26)12-14-20)24(30)21-6-3-15-31-21/h3,6-15,19,22H,1-2,4-5H2,(H,27,29)/t22-/m0/s1. The molecule has 1 aromatic heterocycles. The molecule has 1 heterocycles. The third-order valence-corrected chi connectivity index (χ3v) is 6.31. The summed E-state index contributed by atoms with van der Waals surface area (Å²) >= 11 is 1.26. The van der Waals surface area contributed by atoms with Gasteiger partial charge in [0, 0.05) is 11.7 Å². The molecule has 1 N–H and O–H groups in total. The SMILES string of the molecule is O=C(NC1CCCC1)[C@H](c1ccc(F)cc1)N(C(=O)c1cccs1)c1ccc(F)cc1. The highest BCUT2D eigenvalue weighted by Gasteiger charge is 2.35. The summed E-state index contributed by atoms with van der Waals surface area (Å²) in [7, 11) is 0. The molecule has 0 unspecified atom stereocenters. The number of carbonyl (C=O) groups excluding carboxylic acids is 2. The maximum absolute atomic E-state index is 13.6. The summed E-state index contributed by atoms with van der Waals surface area (Å²) in [6, 6.07) is 13.4. The first kappa shape index (κ1) is 21.2. The van der Waals surface area contributed by atoms with Crippen molar-refractivity contribution in [1.29, 1.82) is 0 Å². The van der Waals surface area contributed by atoms with Crippen LogP contribution in [0.2, 0.25) is 0 Å². The molecule has 1 saturated carbocycles. The van der Waals surface area contributed by atoms with Crippen LogP contribution in [0, 0.1) is 11.6 Å². The molecule has 1 aliphatic carbocycles. The summed E-state index contributed by atoms with van der Waals surface area (Å²) in [4.78, 5) is 28.8. The van der Waals surface area contributed by atoms with E-state index in [4.69, 9.17) is 0 Å². The monoisotopic (exact) mass is 440 g/mol. The van der Waals surface area contributed by atoms with Crippen molar-refractivity contribution in [2.75, 3.05) is 4.90 Å². The summed E-state index contributed by atoms with van der Waals surface area (Å²) in [5, 5.41) is 4.84. The number of anilines is 1. The number of thiophene rings is 1. The Labute approximate surface area is 183 Å². The van der Waals surface area contributed by atoms with E-state index in [9.17, 15) is 18.4 Å². The van der Waals surface area contributed by atoms with Gasteiger partial charge in [0.2, 0.25) is 5.91 Å². The van der Waals surface area contributed by atoms with Crippen LogP contribution in [0.15, 0.2) is 66.0 Å². The van der Waals surface area contributed by atoms with Gasteiger partial charge in [-0.05, 0) is 66.2 Å². The van der Waals surface area contributed by atoms with Crippen LogP contribution in [-0.2, 0) is 4.79 Å². The lowest BCUT2D eigenvalue weighted by Crippen LogP contribution is -2.46. The van der Waals surface area contributed by atoms with Gasteiger partial charge in [-0.25, -0.2) is 8.78 Å². The fraction of sp³-hybridized carbons (Fsp3) is 0.250. The molecule has 0 saturated heterocycles. The van der Waals surface area contributed by atoms with Crippen molar-refractivity contribution in [3.8, 4) is 0 Å². The van der Waals surface area contributed by atoms with Gasteiger partial charge in [0.1, 0.15) is 17.7 Å². The number of nitrogens with zero attached hydrogens (tertiary/aromatic N) is 1. The maximum Gasteiger partial charge on any atom is 0.269 e. The molecule has 31 heavy (non-hydrogen) atoms. The molecule has 0 radical (unpaired) electrons. The minimum Gasteiger partial charge on any atom is -0.351 e. The molecular formula is C24H22F2N2O2S. The number of benzene rings is 2. The Bertz CT molecular complexity index is 1030. The zero-order valence-corrected chi connectivity index (χ0v) is 17.6. The van der Waals surface area contributed by atoms with E-state index in [2.05, 4.69) is 5.32 Å². The van der Waals surface area contributed by atoms with Crippen molar-refractivity contribution in [3.63, 3.8) is 0 Å². The second-order valence-electron chi connectivity index (χ2n) is 7.57. The molecule has 160 valence electrons. The largest absolute Gasteiger partial charge is 0.351 e. The topological polar surface area (TPSA) is 49.4 Å². The molecule has 1 fully saturated rings. The molecule has 0 spiro atoms. The van der Waals surface area contributed by atoms with Crippen molar-refractivity contribution in [2.45, 2.75) is 37.8 Å². The number of hydrogen-bond donors (Lipinski definition) is 1. The third kappa shape index (κ3) is 4.82. The van der Waals surface area contributed by atoms with E-state index in [0.29, 0.717) is 16.1 Å². The fourth-order valence-corrected chi connectivity index (χ4v) is 4.58. The van der Waals surface area contributed by atoms with Crippen molar-refractivity contribution in [1.82, 2.24) is 5.32 Å². The van der Waals surface area contributed by atoms with Gasteiger partial charge >= 0.3 is 0 Å². The molecule has 4 rings (SSSR count). The number of hydrogen-bond acceptors (Lipinski definition) is 3. The van der Waals surface area contributed by atoms with Crippen LogP contribution in [0.4, 0.5) is 14.5 Å². The molecule has 4 nitrogen and oxygen atoms in total. The Morgan fingerprint density at radius 2 is 1.55 bits per heavy atom. The molecule has 2 aromatic carbocycles. The van der Waals surface area contributed by atoms with E-state index in [1.54, 1.807) is 17.5 Å². The highest BCUT2D eigenvalue weighted by Crippen LogP contribution is 2.32. The fourth-order valence-electron chi connectivity index (χ4n) is 3.92. The molecule has 7 heteroatoms. The Hall–Kier alpha value is -3.06. The Kier molecular flexibility index (Phi) is 6.42. The highest BCUT2D eigenvalue weighted by molar-refractivity contribution is 7.12. The first-order chi connectivity index (χ1) is 15.0. The summed E-state index contributed by atoms with van der Waals surface area (Å²) in [6.45, 7) is 0. The first-order valence-corrected chi connectivity index (χ1v) is 11.1. The Balaban J connectivity index is 1.79. The molecule has 0 aliphatic heterocycles. The predicted octanol–water partition coefficient (Wildman–Crippen LogP) is 5.47. The van der Waals surface area contributed by atoms with Gasteiger partial charge in [0.15, 0.2) is 0 Å². The second kappa shape index (κ2) is 9.39. The third-order valence-electron chi connectivity index (χ3n) is 5.45. The van der Waals surface area contributed by atoms with Crippen LogP contribution < -0.4 is 10.2 Å². The van der Waals surface area contributed by atoms with Crippen molar-refractivity contribution in [3.05, 3.63) is 88.1 Å². The summed E-state index contributed by atoms with van der Waals surface area (Å²) in [5.41, 5.74) is 0.863. The van der Waals surface area contributed by atoms with E-state index in [1.165, 1.54) is 64.8 Å². The quantitative estimate of drug-likeness (QED) is 0.552.